The number of benzene rings is 1. The van der Waals surface area contributed by atoms with Crippen LogP contribution in [0.5, 0.6) is 0 Å². The first-order chi connectivity index (χ1) is 14.3. The molecule has 1 aliphatic carbocycles. The zero-order valence-electron chi connectivity index (χ0n) is 17.9. The van der Waals surface area contributed by atoms with E-state index in [0.29, 0.717) is 11.1 Å². The molecule has 2 heterocycles. The Morgan fingerprint density at radius 3 is 2.87 bits per heavy atom. The van der Waals surface area contributed by atoms with Gasteiger partial charge in [0, 0.05) is 4.88 Å². The number of esters is 1. The lowest BCUT2D eigenvalue weighted by atomic mass is 9.89. The van der Waals surface area contributed by atoms with E-state index in [9.17, 15) is 9.59 Å². The highest BCUT2D eigenvalue weighted by Gasteiger charge is 2.27. The summed E-state index contributed by atoms with van der Waals surface area (Å²) in [6.45, 7) is 8.04. The number of nitrogens with zero attached hydrogens (tertiary/aromatic N) is 2. The van der Waals surface area contributed by atoms with E-state index in [2.05, 4.69) is 6.92 Å². The van der Waals surface area contributed by atoms with Crippen molar-refractivity contribution in [3.8, 4) is 5.69 Å². The number of thioether (sulfide) groups is 1. The molecular weight excluding hydrogens is 416 g/mol. The molecule has 1 aromatic carbocycles. The lowest BCUT2D eigenvalue weighted by Gasteiger charge is -2.18. The summed E-state index contributed by atoms with van der Waals surface area (Å²) in [6, 6.07) is 6.07. The normalized spacial score (nSPS) is 17.0. The van der Waals surface area contributed by atoms with E-state index >= 15 is 0 Å². The van der Waals surface area contributed by atoms with Gasteiger partial charge in [0.1, 0.15) is 10.1 Å². The van der Waals surface area contributed by atoms with E-state index in [1.54, 1.807) is 22.8 Å². The van der Waals surface area contributed by atoms with Crippen molar-refractivity contribution in [3.63, 3.8) is 0 Å². The number of methoxy groups -OCH3 is 1. The highest BCUT2D eigenvalue weighted by Crippen LogP contribution is 2.37. The maximum Gasteiger partial charge on any atom is 0.318 e. The molecule has 5 nitrogen and oxygen atoms in total. The minimum Gasteiger partial charge on any atom is -0.468 e. The Balaban J connectivity index is 1.99. The number of carbonyl (C=O) groups excluding carboxylic acids is 1. The van der Waals surface area contributed by atoms with Crippen molar-refractivity contribution in [1.29, 1.82) is 0 Å². The SMILES string of the molecule is COC(=O)[C@H](C)Sc1nc2sc3c(c2c(=O)n1-c1cc(C)ccc1C)CC[C@@H](C)C3. The first-order valence-electron chi connectivity index (χ1n) is 10.2. The second-order valence-electron chi connectivity index (χ2n) is 8.14. The molecular formula is C23H26N2O3S2. The van der Waals surface area contributed by atoms with Gasteiger partial charge in [-0.05, 0) is 68.7 Å². The Morgan fingerprint density at radius 2 is 2.13 bits per heavy atom. The minimum absolute atomic E-state index is 0.0414. The van der Waals surface area contributed by atoms with Crippen LogP contribution in [0.25, 0.3) is 15.9 Å². The van der Waals surface area contributed by atoms with Crippen LogP contribution in [0.2, 0.25) is 0 Å². The standard InChI is InChI=1S/C23H26N2O3S2/c1-12-6-8-14(3)17(10-12)25-21(26)19-16-9-7-13(2)11-18(16)30-20(19)24-23(25)29-15(4)22(27)28-5/h6,8,10,13,15H,7,9,11H2,1-5H3/t13-,15+/m1/s1. The van der Waals surface area contributed by atoms with Crippen LogP contribution in [0.1, 0.15) is 41.8 Å². The van der Waals surface area contributed by atoms with E-state index in [-0.39, 0.29) is 11.5 Å². The third kappa shape index (κ3) is 3.69. The van der Waals surface area contributed by atoms with Gasteiger partial charge >= 0.3 is 5.97 Å². The third-order valence-electron chi connectivity index (χ3n) is 5.72. The number of carbonyl (C=O) groups is 1. The topological polar surface area (TPSA) is 61.2 Å². The second kappa shape index (κ2) is 8.19. The zero-order valence-corrected chi connectivity index (χ0v) is 19.6. The Bertz CT molecular complexity index is 1200. The fourth-order valence-corrected chi connectivity index (χ4v) is 6.37. The van der Waals surface area contributed by atoms with Gasteiger partial charge < -0.3 is 4.74 Å². The van der Waals surface area contributed by atoms with Gasteiger partial charge in [-0.25, -0.2) is 4.98 Å². The van der Waals surface area contributed by atoms with Crippen molar-refractivity contribution < 1.29 is 9.53 Å². The van der Waals surface area contributed by atoms with Crippen LogP contribution in [-0.2, 0) is 22.4 Å². The first kappa shape index (κ1) is 21.1. The summed E-state index contributed by atoms with van der Waals surface area (Å²) in [5.74, 6) is 0.293. The highest BCUT2D eigenvalue weighted by molar-refractivity contribution is 8.00. The van der Waals surface area contributed by atoms with Gasteiger partial charge in [-0.15, -0.1) is 11.3 Å². The molecule has 0 saturated heterocycles. The number of rotatable bonds is 4. The summed E-state index contributed by atoms with van der Waals surface area (Å²) in [5, 5.41) is 0.814. The zero-order chi connectivity index (χ0) is 21.6. The van der Waals surface area contributed by atoms with Gasteiger partial charge in [0.2, 0.25) is 0 Å². The summed E-state index contributed by atoms with van der Waals surface area (Å²) in [4.78, 5) is 32.9. The molecule has 2 atom stereocenters. The number of hydrogen-bond acceptors (Lipinski definition) is 6. The summed E-state index contributed by atoms with van der Waals surface area (Å²) in [6.07, 6.45) is 3.02. The number of hydrogen-bond donors (Lipinski definition) is 0. The molecule has 158 valence electrons. The average Bonchev–Trinajstić information content (AvgIpc) is 3.07. The van der Waals surface area contributed by atoms with Crippen LogP contribution in [0, 0.1) is 19.8 Å². The van der Waals surface area contributed by atoms with Crippen molar-refractivity contribution >= 4 is 39.3 Å². The van der Waals surface area contributed by atoms with Gasteiger partial charge in [-0.3, -0.25) is 14.2 Å². The van der Waals surface area contributed by atoms with E-state index in [1.165, 1.54) is 29.3 Å². The average molecular weight is 443 g/mol. The molecule has 0 saturated carbocycles. The number of aryl methyl sites for hydroxylation is 3. The molecule has 2 aromatic heterocycles. The van der Waals surface area contributed by atoms with Gasteiger partial charge in [-0.2, -0.15) is 0 Å². The Kier molecular flexibility index (Phi) is 5.77. The molecule has 0 spiro atoms. The summed E-state index contributed by atoms with van der Waals surface area (Å²) in [5.41, 5.74) is 4.01. The monoisotopic (exact) mass is 442 g/mol. The Labute approximate surface area is 184 Å². The summed E-state index contributed by atoms with van der Waals surface area (Å²) >= 11 is 2.90. The maximum absolute atomic E-state index is 13.8. The molecule has 1 aliphatic rings. The molecule has 4 rings (SSSR count). The van der Waals surface area contributed by atoms with Crippen LogP contribution in [0.15, 0.2) is 28.2 Å². The number of ether oxygens (including phenoxy) is 1. The van der Waals surface area contributed by atoms with Crippen LogP contribution >= 0.6 is 23.1 Å². The van der Waals surface area contributed by atoms with Gasteiger partial charge in [0.25, 0.3) is 5.56 Å². The lowest BCUT2D eigenvalue weighted by Crippen LogP contribution is -2.25. The van der Waals surface area contributed by atoms with Gasteiger partial charge in [0.05, 0.1) is 18.2 Å². The van der Waals surface area contributed by atoms with Crippen LogP contribution in [0.4, 0.5) is 0 Å². The molecule has 30 heavy (non-hydrogen) atoms. The van der Waals surface area contributed by atoms with Crippen molar-refractivity contribution in [2.45, 2.75) is 57.4 Å². The molecule has 3 aromatic rings. The Morgan fingerprint density at radius 1 is 1.37 bits per heavy atom. The van der Waals surface area contributed by atoms with Crippen molar-refractivity contribution in [3.05, 3.63) is 50.1 Å². The first-order valence-corrected chi connectivity index (χ1v) is 11.9. The number of fused-ring (bicyclic) bond motifs is 3. The van der Waals surface area contributed by atoms with E-state index in [0.717, 1.165) is 46.3 Å². The van der Waals surface area contributed by atoms with Crippen LogP contribution in [-0.4, -0.2) is 27.9 Å². The molecule has 0 N–H and O–H groups in total. The quantitative estimate of drug-likeness (QED) is 0.329. The molecule has 0 radical (unpaired) electrons. The smallest absolute Gasteiger partial charge is 0.318 e. The third-order valence-corrected chi connectivity index (χ3v) is 7.90. The number of thiophene rings is 1. The molecule has 0 bridgehead atoms. The molecule has 0 aliphatic heterocycles. The molecule has 0 unspecified atom stereocenters. The van der Waals surface area contributed by atoms with Crippen molar-refractivity contribution in [1.82, 2.24) is 9.55 Å². The predicted molar refractivity (Wildman–Crippen MR) is 123 cm³/mol. The maximum atomic E-state index is 13.8. The number of aromatic nitrogens is 2. The predicted octanol–water partition coefficient (Wildman–Crippen LogP) is 4.84. The molecule has 0 fully saturated rings. The van der Waals surface area contributed by atoms with Crippen LogP contribution < -0.4 is 5.56 Å². The molecule has 0 amide bonds. The van der Waals surface area contributed by atoms with E-state index in [1.807, 2.05) is 32.0 Å². The van der Waals surface area contributed by atoms with Gasteiger partial charge in [0.15, 0.2) is 5.16 Å². The minimum atomic E-state index is -0.467. The van der Waals surface area contributed by atoms with E-state index in [4.69, 9.17) is 9.72 Å². The van der Waals surface area contributed by atoms with Crippen molar-refractivity contribution in [2.75, 3.05) is 7.11 Å². The fourth-order valence-electron chi connectivity index (χ4n) is 4.00. The summed E-state index contributed by atoms with van der Waals surface area (Å²) in [7, 11) is 1.38. The van der Waals surface area contributed by atoms with Crippen molar-refractivity contribution in [2.24, 2.45) is 5.92 Å². The lowest BCUT2D eigenvalue weighted by molar-refractivity contribution is -0.139. The van der Waals surface area contributed by atoms with Gasteiger partial charge in [-0.1, -0.05) is 30.8 Å². The summed E-state index contributed by atoms with van der Waals surface area (Å²) < 4.78 is 6.59. The second-order valence-corrected chi connectivity index (χ2v) is 10.5. The Hall–Kier alpha value is -2.12. The molecule has 7 heteroatoms. The highest BCUT2D eigenvalue weighted by atomic mass is 32.2. The van der Waals surface area contributed by atoms with Crippen LogP contribution in [0.3, 0.4) is 0 Å². The fraction of sp³-hybridized carbons (Fsp3) is 0.435. The largest absolute Gasteiger partial charge is 0.468 e. The van der Waals surface area contributed by atoms with E-state index < -0.39 is 5.25 Å².